The van der Waals surface area contributed by atoms with Crippen LogP contribution in [0.15, 0.2) is 0 Å². The van der Waals surface area contributed by atoms with Crippen molar-refractivity contribution in [2.45, 2.75) is 12.5 Å². The first kappa shape index (κ1) is 9.64. The first-order valence-electron chi connectivity index (χ1n) is 4.09. The minimum atomic E-state index is -0.870. The van der Waals surface area contributed by atoms with Crippen molar-refractivity contribution < 1.29 is 19.0 Å². The van der Waals surface area contributed by atoms with Gasteiger partial charge in [0.2, 0.25) is 0 Å². The molecule has 70 valence electrons. The molecule has 0 spiro atoms. The lowest BCUT2D eigenvalue weighted by Gasteiger charge is -2.24. The number of hydrogen-bond donors (Lipinski definition) is 0. The van der Waals surface area contributed by atoms with Crippen molar-refractivity contribution in [1.29, 1.82) is 0 Å². The number of ether oxygens (including phenoxy) is 3. The molecule has 4 nitrogen and oxygen atoms in total. The van der Waals surface area contributed by atoms with Gasteiger partial charge in [-0.15, -0.1) is 0 Å². The van der Waals surface area contributed by atoms with Crippen molar-refractivity contribution >= 4 is 6.29 Å². The summed E-state index contributed by atoms with van der Waals surface area (Å²) in [6, 6.07) is 0. The average Bonchev–Trinajstić information content (AvgIpc) is 2.32. The molecule has 0 amide bonds. The van der Waals surface area contributed by atoms with E-state index in [9.17, 15) is 4.79 Å². The molecule has 0 aromatic heterocycles. The van der Waals surface area contributed by atoms with E-state index < -0.39 is 5.60 Å². The van der Waals surface area contributed by atoms with Crippen molar-refractivity contribution in [3.63, 3.8) is 0 Å². The molecule has 12 heavy (non-hydrogen) atoms. The second kappa shape index (κ2) is 4.54. The third-order valence-electron chi connectivity index (χ3n) is 1.71. The van der Waals surface area contributed by atoms with Gasteiger partial charge < -0.3 is 14.2 Å². The maximum atomic E-state index is 10.7. The number of carbonyl (C=O) groups excluding carboxylic acids is 1. The van der Waals surface area contributed by atoms with Crippen LogP contribution in [0.1, 0.15) is 6.92 Å². The number of carbonyl (C=O) groups is 1. The van der Waals surface area contributed by atoms with Gasteiger partial charge in [0.15, 0.2) is 11.9 Å². The standard InChI is InChI=1S/C8H14O4/c1-2-12-8(5-9)6-10-3-4-11-7-8/h5H,2-4,6-7H2,1H3. The second-order valence-corrected chi connectivity index (χ2v) is 2.72. The molecular weight excluding hydrogens is 160 g/mol. The molecule has 0 aliphatic carbocycles. The van der Waals surface area contributed by atoms with E-state index >= 15 is 0 Å². The van der Waals surface area contributed by atoms with Crippen molar-refractivity contribution in [2.24, 2.45) is 0 Å². The zero-order valence-corrected chi connectivity index (χ0v) is 7.25. The molecule has 1 heterocycles. The Bertz CT molecular complexity index is 138. The summed E-state index contributed by atoms with van der Waals surface area (Å²) in [6.45, 7) is 3.99. The Balaban J connectivity index is 2.54. The summed E-state index contributed by atoms with van der Waals surface area (Å²) in [5, 5.41) is 0. The first-order valence-corrected chi connectivity index (χ1v) is 4.09. The fraction of sp³-hybridized carbons (Fsp3) is 0.875. The van der Waals surface area contributed by atoms with Crippen LogP contribution in [0, 0.1) is 0 Å². The Kier molecular flexibility index (Phi) is 3.65. The zero-order chi connectivity index (χ0) is 8.86. The van der Waals surface area contributed by atoms with E-state index in [0.29, 0.717) is 33.0 Å². The van der Waals surface area contributed by atoms with E-state index in [1.54, 1.807) is 0 Å². The SMILES string of the molecule is CCOC1(C=O)COCCOC1. The van der Waals surface area contributed by atoms with E-state index in [2.05, 4.69) is 0 Å². The average molecular weight is 174 g/mol. The zero-order valence-electron chi connectivity index (χ0n) is 7.25. The van der Waals surface area contributed by atoms with Crippen LogP contribution < -0.4 is 0 Å². The van der Waals surface area contributed by atoms with Gasteiger partial charge >= 0.3 is 0 Å². The van der Waals surface area contributed by atoms with Crippen LogP contribution >= 0.6 is 0 Å². The van der Waals surface area contributed by atoms with E-state index in [-0.39, 0.29) is 0 Å². The topological polar surface area (TPSA) is 44.8 Å². The molecular formula is C8H14O4. The van der Waals surface area contributed by atoms with Gasteiger partial charge in [0.05, 0.1) is 26.4 Å². The smallest absolute Gasteiger partial charge is 0.169 e. The molecule has 0 atom stereocenters. The summed E-state index contributed by atoms with van der Waals surface area (Å²) >= 11 is 0. The van der Waals surface area contributed by atoms with Crippen LogP contribution in [-0.2, 0) is 19.0 Å². The molecule has 0 aromatic rings. The van der Waals surface area contributed by atoms with Crippen LogP contribution in [0.4, 0.5) is 0 Å². The minimum Gasteiger partial charge on any atom is -0.375 e. The van der Waals surface area contributed by atoms with Gasteiger partial charge in [-0.25, -0.2) is 0 Å². The van der Waals surface area contributed by atoms with Gasteiger partial charge in [-0.1, -0.05) is 0 Å². The van der Waals surface area contributed by atoms with Gasteiger partial charge in [0.25, 0.3) is 0 Å². The van der Waals surface area contributed by atoms with Crippen LogP contribution in [0.3, 0.4) is 0 Å². The van der Waals surface area contributed by atoms with Gasteiger partial charge in [-0.05, 0) is 6.92 Å². The van der Waals surface area contributed by atoms with Gasteiger partial charge in [-0.3, -0.25) is 4.79 Å². The van der Waals surface area contributed by atoms with Crippen LogP contribution in [0.5, 0.6) is 0 Å². The monoisotopic (exact) mass is 174 g/mol. The van der Waals surface area contributed by atoms with E-state index in [0.717, 1.165) is 6.29 Å². The predicted molar refractivity (Wildman–Crippen MR) is 42.1 cm³/mol. The molecule has 1 aliphatic rings. The molecule has 1 aliphatic heterocycles. The van der Waals surface area contributed by atoms with Crippen molar-refractivity contribution in [2.75, 3.05) is 33.0 Å². The Morgan fingerprint density at radius 1 is 1.42 bits per heavy atom. The number of aldehydes is 1. The molecule has 4 heteroatoms. The summed E-state index contributed by atoms with van der Waals surface area (Å²) in [7, 11) is 0. The van der Waals surface area contributed by atoms with Crippen molar-refractivity contribution in [3.05, 3.63) is 0 Å². The van der Waals surface area contributed by atoms with Crippen molar-refractivity contribution in [3.8, 4) is 0 Å². The minimum absolute atomic E-state index is 0.296. The highest BCUT2D eigenvalue weighted by molar-refractivity contribution is 5.63. The first-order chi connectivity index (χ1) is 5.83. The predicted octanol–water partition coefficient (Wildman–Crippen LogP) is 0.00740. The largest absolute Gasteiger partial charge is 0.375 e. The second-order valence-electron chi connectivity index (χ2n) is 2.72. The summed E-state index contributed by atoms with van der Waals surface area (Å²) in [5.74, 6) is 0. The quantitative estimate of drug-likeness (QED) is 0.565. The maximum Gasteiger partial charge on any atom is 0.169 e. The van der Waals surface area contributed by atoms with Gasteiger partial charge in [0, 0.05) is 6.61 Å². The van der Waals surface area contributed by atoms with Crippen LogP contribution in [0.25, 0.3) is 0 Å². The summed E-state index contributed by atoms with van der Waals surface area (Å²) in [5.41, 5.74) is -0.870. The Hall–Kier alpha value is -0.450. The van der Waals surface area contributed by atoms with Gasteiger partial charge in [0.1, 0.15) is 0 Å². The summed E-state index contributed by atoms with van der Waals surface area (Å²) < 4.78 is 15.6. The van der Waals surface area contributed by atoms with E-state index in [1.165, 1.54) is 0 Å². The normalized spacial score (nSPS) is 23.1. The maximum absolute atomic E-state index is 10.7. The lowest BCUT2D eigenvalue weighted by molar-refractivity contribution is -0.143. The fourth-order valence-corrected chi connectivity index (χ4v) is 1.12. The Morgan fingerprint density at radius 3 is 2.42 bits per heavy atom. The summed E-state index contributed by atoms with van der Waals surface area (Å²) in [4.78, 5) is 10.7. The Labute approximate surface area is 71.8 Å². The molecule has 1 saturated heterocycles. The van der Waals surface area contributed by atoms with E-state index in [4.69, 9.17) is 14.2 Å². The lowest BCUT2D eigenvalue weighted by atomic mass is 10.1. The molecule has 0 saturated carbocycles. The molecule has 0 N–H and O–H groups in total. The van der Waals surface area contributed by atoms with Gasteiger partial charge in [-0.2, -0.15) is 0 Å². The highest BCUT2D eigenvalue weighted by Gasteiger charge is 2.32. The van der Waals surface area contributed by atoms with E-state index in [1.807, 2.05) is 6.92 Å². The molecule has 0 radical (unpaired) electrons. The number of hydrogen-bond acceptors (Lipinski definition) is 4. The van der Waals surface area contributed by atoms with Crippen LogP contribution in [-0.4, -0.2) is 44.9 Å². The summed E-state index contributed by atoms with van der Waals surface area (Å²) in [6.07, 6.45) is 0.766. The fourth-order valence-electron chi connectivity index (χ4n) is 1.12. The lowest BCUT2D eigenvalue weighted by Crippen LogP contribution is -2.43. The molecule has 1 rings (SSSR count). The van der Waals surface area contributed by atoms with Crippen LogP contribution in [0.2, 0.25) is 0 Å². The third-order valence-corrected chi connectivity index (χ3v) is 1.71. The molecule has 1 fully saturated rings. The number of rotatable bonds is 3. The Morgan fingerprint density at radius 2 is 2.00 bits per heavy atom. The highest BCUT2D eigenvalue weighted by Crippen LogP contribution is 2.12. The molecule has 0 unspecified atom stereocenters. The molecule has 0 bridgehead atoms. The highest BCUT2D eigenvalue weighted by atomic mass is 16.6. The van der Waals surface area contributed by atoms with Crippen molar-refractivity contribution in [1.82, 2.24) is 0 Å². The molecule has 0 aromatic carbocycles. The third kappa shape index (κ3) is 2.27.